The SMILES string of the molecule is C[N+]1(Cc2ccccc2)C2CCC1CC(OC(=O)C(O)(c1ccccc1)c1ccccc1)C2.[Br-]. The van der Waals surface area contributed by atoms with Crippen molar-refractivity contribution in [3.05, 3.63) is 108 Å². The van der Waals surface area contributed by atoms with Crippen molar-refractivity contribution in [1.82, 2.24) is 0 Å². The van der Waals surface area contributed by atoms with E-state index in [0.29, 0.717) is 23.2 Å². The topological polar surface area (TPSA) is 46.5 Å². The van der Waals surface area contributed by atoms with E-state index in [1.807, 2.05) is 36.4 Å². The van der Waals surface area contributed by atoms with E-state index in [0.717, 1.165) is 36.7 Å². The predicted molar refractivity (Wildman–Crippen MR) is 128 cm³/mol. The minimum Gasteiger partial charge on any atom is -1.00 e. The van der Waals surface area contributed by atoms with Crippen LogP contribution in [0.25, 0.3) is 0 Å². The van der Waals surface area contributed by atoms with Gasteiger partial charge in [-0.15, -0.1) is 0 Å². The van der Waals surface area contributed by atoms with Gasteiger partial charge < -0.3 is 31.3 Å². The van der Waals surface area contributed by atoms with Crippen LogP contribution in [0.15, 0.2) is 91.0 Å². The van der Waals surface area contributed by atoms with Crippen LogP contribution in [-0.4, -0.2) is 40.8 Å². The van der Waals surface area contributed by atoms with Crippen LogP contribution in [0.4, 0.5) is 0 Å². The normalized spacial score (nSPS) is 25.9. The van der Waals surface area contributed by atoms with Crippen molar-refractivity contribution in [1.29, 1.82) is 0 Å². The van der Waals surface area contributed by atoms with E-state index in [4.69, 9.17) is 4.74 Å². The summed E-state index contributed by atoms with van der Waals surface area (Å²) in [7, 11) is 2.36. The summed E-state index contributed by atoms with van der Waals surface area (Å²) in [6.45, 7) is 1.01. The number of fused-ring (bicyclic) bond motifs is 2. The Bertz CT molecular complexity index is 1040. The first-order chi connectivity index (χ1) is 16.0. The fourth-order valence-corrected chi connectivity index (χ4v) is 6.02. The zero-order valence-corrected chi connectivity index (χ0v) is 21.1. The summed E-state index contributed by atoms with van der Waals surface area (Å²) in [6.07, 6.45) is 3.82. The van der Waals surface area contributed by atoms with E-state index in [-0.39, 0.29) is 23.1 Å². The molecular formula is C29H32BrNO3. The van der Waals surface area contributed by atoms with E-state index in [1.54, 1.807) is 24.3 Å². The predicted octanol–water partition coefficient (Wildman–Crippen LogP) is 1.81. The number of ether oxygens (including phenoxy) is 1. The van der Waals surface area contributed by atoms with Crippen LogP contribution in [0.1, 0.15) is 42.4 Å². The molecule has 2 bridgehead atoms. The third-order valence-corrected chi connectivity index (χ3v) is 7.89. The summed E-state index contributed by atoms with van der Waals surface area (Å²) >= 11 is 0. The number of carbonyl (C=O) groups is 1. The Labute approximate surface area is 212 Å². The maximum absolute atomic E-state index is 13.5. The van der Waals surface area contributed by atoms with Gasteiger partial charge in [-0.3, -0.25) is 0 Å². The lowest BCUT2D eigenvalue weighted by Gasteiger charge is -2.47. The fraction of sp³-hybridized carbons (Fsp3) is 0.345. The van der Waals surface area contributed by atoms with E-state index in [2.05, 4.69) is 37.4 Å². The molecule has 2 atom stereocenters. The summed E-state index contributed by atoms with van der Waals surface area (Å²) in [5, 5.41) is 11.7. The molecule has 1 N–H and O–H groups in total. The molecule has 2 unspecified atom stereocenters. The molecule has 5 heteroatoms. The molecule has 2 saturated heterocycles. The Morgan fingerprint density at radius 1 is 0.853 bits per heavy atom. The maximum Gasteiger partial charge on any atom is 0.347 e. The Morgan fingerprint density at radius 2 is 1.29 bits per heavy atom. The summed E-state index contributed by atoms with van der Waals surface area (Å²) in [5.41, 5.74) is 0.602. The van der Waals surface area contributed by atoms with Gasteiger partial charge in [-0.2, -0.15) is 0 Å². The molecule has 34 heavy (non-hydrogen) atoms. The fourth-order valence-electron chi connectivity index (χ4n) is 6.02. The minimum atomic E-state index is -1.82. The molecule has 3 aromatic carbocycles. The highest BCUT2D eigenvalue weighted by Gasteiger charge is 2.53. The van der Waals surface area contributed by atoms with Crippen LogP contribution in [0.3, 0.4) is 0 Å². The van der Waals surface area contributed by atoms with Crippen molar-refractivity contribution in [2.24, 2.45) is 0 Å². The molecule has 0 aromatic heterocycles. The Morgan fingerprint density at radius 3 is 1.76 bits per heavy atom. The monoisotopic (exact) mass is 521 g/mol. The number of halogens is 1. The molecule has 0 spiro atoms. The van der Waals surface area contributed by atoms with Gasteiger partial charge in [0.25, 0.3) is 0 Å². The van der Waals surface area contributed by atoms with Crippen molar-refractivity contribution in [3.63, 3.8) is 0 Å². The number of esters is 1. The van der Waals surface area contributed by atoms with Crippen molar-refractivity contribution in [3.8, 4) is 0 Å². The van der Waals surface area contributed by atoms with Gasteiger partial charge in [0, 0.05) is 31.2 Å². The molecule has 3 aromatic rings. The quantitative estimate of drug-likeness (QED) is 0.397. The Hall–Kier alpha value is -2.47. The average Bonchev–Trinajstić information content (AvgIpc) is 3.01. The molecule has 2 heterocycles. The third-order valence-electron chi connectivity index (χ3n) is 7.89. The van der Waals surface area contributed by atoms with Crippen LogP contribution in [0.2, 0.25) is 0 Å². The van der Waals surface area contributed by atoms with Crippen molar-refractivity contribution >= 4 is 5.97 Å². The number of rotatable bonds is 6. The molecule has 2 aliphatic heterocycles. The molecule has 0 saturated carbocycles. The van der Waals surface area contributed by atoms with Gasteiger partial charge in [0.2, 0.25) is 5.60 Å². The van der Waals surface area contributed by atoms with Crippen molar-refractivity contribution < 1.29 is 36.1 Å². The summed E-state index contributed by atoms with van der Waals surface area (Å²) in [5.74, 6) is -0.580. The first kappa shape index (κ1) is 24.6. The number of nitrogens with zero attached hydrogens (tertiary/aromatic N) is 1. The highest BCUT2D eigenvalue weighted by molar-refractivity contribution is 5.85. The minimum absolute atomic E-state index is 0. The smallest absolute Gasteiger partial charge is 0.347 e. The first-order valence-corrected chi connectivity index (χ1v) is 11.9. The zero-order valence-electron chi connectivity index (χ0n) is 19.5. The number of quaternary nitrogens is 1. The van der Waals surface area contributed by atoms with Crippen LogP contribution in [0.5, 0.6) is 0 Å². The average molecular weight is 522 g/mol. The lowest BCUT2D eigenvalue weighted by atomic mass is 9.86. The van der Waals surface area contributed by atoms with E-state index in [1.165, 1.54) is 5.56 Å². The van der Waals surface area contributed by atoms with E-state index >= 15 is 0 Å². The summed E-state index contributed by atoms with van der Waals surface area (Å²) < 4.78 is 7.10. The number of hydrogen-bond donors (Lipinski definition) is 1. The number of benzene rings is 3. The van der Waals surface area contributed by atoms with Gasteiger partial charge in [0.1, 0.15) is 12.6 Å². The van der Waals surface area contributed by atoms with Crippen LogP contribution >= 0.6 is 0 Å². The van der Waals surface area contributed by atoms with Crippen LogP contribution in [-0.2, 0) is 21.7 Å². The number of piperidine rings is 1. The standard InChI is InChI=1S/C29H32NO3.BrH/c1-30(21-22-11-5-2-6-12-22)25-17-18-26(30)20-27(19-25)33-28(31)29(32,23-13-7-3-8-14-23)24-15-9-4-10-16-24;/h2-16,25-27,32H,17-21H2,1H3;1H/q+1;/p-1. The lowest BCUT2D eigenvalue weighted by molar-refractivity contribution is -0.961. The number of carbonyl (C=O) groups excluding carboxylic acids is 1. The van der Waals surface area contributed by atoms with Crippen molar-refractivity contribution in [2.45, 2.75) is 56.0 Å². The number of aliphatic hydroxyl groups is 1. The maximum atomic E-state index is 13.5. The molecule has 5 rings (SSSR count). The molecule has 0 aliphatic carbocycles. The lowest BCUT2D eigenvalue weighted by Crippen LogP contribution is -3.00. The largest absolute Gasteiger partial charge is 1.00 e. The van der Waals surface area contributed by atoms with E-state index < -0.39 is 11.6 Å². The van der Waals surface area contributed by atoms with Crippen LogP contribution < -0.4 is 17.0 Å². The second-order valence-electron chi connectivity index (χ2n) is 9.82. The molecule has 2 fully saturated rings. The molecule has 2 aliphatic rings. The molecule has 0 radical (unpaired) electrons. The van der Waals surface area contributed by atoms with Crippen molar-refractivity contribution in [2.75, 3.05) is 7.05 Å². The van der Waals surface area contributed by atoms with Gasteiger partial charge in [-0.05, 0) is 11.1 Å². The van der Waals surface area contributed by atoms with Crippen LogP contribution in [0, 0.1) is 0 Å². The molecular weight excluding hydrogens is 490 g/mol. The Balaban J connectivity index is 0.00000274. The van der Waals surface area contributed by atoms with Gasteiger partial charge >= 0.3 is 5.97 Å². The highest BCUT2D eigenvalue weighted by Crippen LogP contribution is 2.44. The van der Waals surface area contributed by atoms with Gasteiger partial charge in [0.15, 0.2) is 0 Å². The second kappa shape index (κ2) is 10.0. The summed E-state index contributed by atoms with van der Waals surface area (Å²) in [4.78, 5) is 13.5. The molecule has 178 valence electrons. The molecule has 4 nitrogen and oxygen atoms in total. The first-order valence-electron chi connectivity index (χ1n) is 11.9. The van der Waals surface area contributed by atoms with Gasteiger partial charge in [0.05, 0.1) is 19.1 Å². The second-order valence-corrected chi connectivity index (χ2v) is 9.82. The van der Waals surface area contributed by atoms with Gasteiger partial charge in [-0.1, -0.05) is 91.0 Å². The zero-order chi connectivity index (χ0) is 22.9. The third kappa shape index (κ3) is 4.45. The highest BCUT2D eigenvalue weighted by atomic mass is 79.9. The van der Waals surface area contributed by atoms with E-state index in [9.17, 15) is 9.90 Å². The number of hydrogen-bond acceptors (Lipinski definition) is 3. The van der Waals surface area contributed by atoms with Gasteiger partial charge in [-0.25, -0.2) is 4.79 Å². The Kier molecular flexibility index (Phi) is 7.27. The summed E-state index contributed by atoms with van der Waals surface area (Å²) in [6, 6.07) is 29.8. The molecule has 0 amide bonds.